The van der Waals surface area contributed by atoms with Gasteiger partial charge in [-0.05, 0) is 85.5 Å². The van der Waals surface area contributed by atoms with Crippen LogP contribution in [0.15, 0.2) is 36.7 Å². The van der Waals surface area contributed by atoms with Crippen molar-refractivity contribution in [2.75, 3.05) is 38.2 Å². The number of aromatic nitrogens is 3. The maximum absolute atomic E-state index is 12.1. The molecule has 0 aliphatic carbocycles. The van der Waals surface area contributed by atoms with Gasteiger partial charge < -0.3 is 19.6 Å². The van der Waals surface area contributed by atoms with Crippen LogP contribution >= 0.6 is 11.3 Å². The first kappa shape index (κ1) is 29.2. The van der Waals surface area contributed by atoms with Gasteiger partial charge in [0.1, 0.15) is 22.3 Å². The van der Waals surface area contributed by atoms with Crippen LogP contribution in [0, 0.1) is 12.8 Å². The molecule has 3 aliphatic heterocycles. The summed E-state index contributed by atoms with van der Waals surface area (Å²) in [6.07, 6.45) is 10.6. The Kier molecular flexibility index (Phi) is 8.01. The van der Waals surface area contributed by atoms with Crippen LogP contribution in [0.2, 0.25) is 0 Å². The molecule has 0 radical (unpaired) electrons. The van der Waals surface area contributed by atoms with Gasteiger partial charge in [-0.3, -0.25) is 9.78 Å². The molecule has 1 fully saturated rings. The molecule has 1 N–H and O–H groups in total. The smallest absolute Gasteiger partial charge is 0.307 e. The Morgan fingerprint density at radius 3 is 2.84 bits per heavy atom. The standard InChI is InChI=1S/C35H41N5O3S/c1-21-6-4-5-7-23-10-13-43-30-9-8-24(16-27(23)30)33-26(17-32(41)42)22(2)15-28-34(33)44-35(38-28)29-18-36-19-31(37-29)40-12-11-39(3)20-25(40)14-21/h8-9,15-16,18-19,21,23,25H,4-7,10-14,17,20H2,1-3H3,(H,41,42). The van der Waals surface area contributed by atoms with E-state index in [2.05, 4.69) is 47.0 Å². The molecular formula is C35H41N5O3S. The molecule has 3 unspecified atom stereocenters. The third kappa shape index (κ3) is 5.68. The van der Waals surface area contributed by atoms with Gasteiger partial charge in [0.2, 0.25) is 0 Å². The zero-order valence-corrected chi connectivity index (χ0v) is 26.7. The Bertz CT molecular complexity index is 1700. The number of carboxylic acids is 1. The number of piperazine rings is 1. The van der Waals surface area contributed by atoms with E-state index in [-0.39, 0.29) is 6.42 Å². The molecular weight excluding hydrogens is 570 g/mol. The second-order valence-corrected chi connectivity index (χ2v) is 14.1. The van der Waals surface area contributed by atoms with Gasteiger partial charge in [0.25, 0.3) is 0 Å². The molecule has 5 heterocycles. The summed E-state index contributed by atoms with van der Waals surface area (Å²) >= 11 is 1.58. The van der Waals surface area contributed by atoms with Crippen LogP contribution in [-0.4, -0.2) is 70.3 Å². The van der Waals surface area contributed by atoms with Gasteiger partial charge in [0.05, 0.1) is 35.6 Å². The first-order valence-electron chi connectivity index (χ1n) is 16.0. The number of hydrogen-bond acceptors (Lipinski definition) is 8. The zero-order valence-electron chi connectivity index (χ0n) is 25.9. The van der Waals surface area contributed by atoms with Crippen LogP contribution in [0.5, 0.6) is 5.75 Å². The highest BCUT2D eigenvalue weighted by atomic mass is 32.1. The minimum Gasteiger partial charge on any atom is -0.493 e. The lowest BCUT2D eigenvalue weighted by molar-refractivity contribution is -0.136. The van der Waals surface area contributed by atoms with E-state index in [1.54, 1.807) is 11.3 Å². The molecule has 9 heteroatoms. The SMILES string of the molecule is Cc1cc2nc3sc2c(c1CC(=O)O)-c1ccc2c(c1)C(CCCCC(C)CC1CN(C)CCN1c1cncc-3n1)CCO2. The fourth-order valence-corrected chi connectivity index (χ4v) is 8.62. The van der Waals surface area contributed by atoms with Crippen LogP contribution < -0.4 is 9.64 Å². The number of ether oxygens (including phenoxy) is 1. The van der Waals surface area contributed by atoms with Crippen LogP contribution in [0.4, 0.5) is 5.82 Å². The van der Waals surface area contributed by atoms with Gasteiger partial charge in [-0.15, -0.1) is 11.3 Å². The lowest BCUT2D eigenvalue weighted by Gasteiger charge is -2.41. The maximum atomic E-state index is 12.1. The monoisotopic (exact) mass is 611 g/mol. The van der Waals surface area contributed by atoms with Crippen molar-refractivity contribution < 1.29 is 14.6 Å². The van der Waals surface area contributed by atoms with Gasteiger partial charge in [-0.25, -0.2) is 9.97 Å². The van der Waals surface area contributed by atoms with E-state index in [1.165, 1.54) is 24.8 Å². The predicted octanol–water partition coefficient (Wildman–Crippen LogP) is 6.94. The van der Waals surface area contributed by atoms with Crippen LogP contribution in [-0.2, 0) is 11.2 Å². The summed E-state index contributed by atoms with van der Waals surface area (Å²) in [5, 5.41) is 10.7. The molecule has 8 nitrogen and oxygen atoms in total. The van der Waals surface area contributed by atoms with E-state index in [4.69, 9.17) is 14.7 Å². The Labute approximate surface area is 263 Å². The van der Waals surface area contributed by atoms with E-state index >= 15 is 0 Å². The average Bonchev–Trinajstić information content (AvgIpc) is 3.42. The fourth-order valence-electron chi connectivity index (χ4n) is 7.53. The number of anilines is 1. The zero-order chi connectivity index (χ0) is 30.4. The third-order valence-corrected chi connectivity index (χ3v) is 10.9. The summed E-state index contributed by atoms with van der Waals surface area (Å²) in [5.41, 5.74) is 6.65. The van der Waals surface area contributed by atoms with Crippen molar-refractivity contribution >= 4 is 33.3 Å². The molecule has 3 aliphatic rings. The van der Waals surface area contributed by atoms with E-state index in [9.17, 15) is 9.90 Å². The number of likely N-dealkylation sites (N-methyl/N-ethyl adjacent to an activating group) is 1. The van der Waals surface area contributed by atoms with Crippen LogP contribution in [0.1, 0.15) is 68.1 Å². The number of fused-ring (bicyclic) bond motifs is 8. The molecule has 44 heavy (non-hydrogen) atoms. The third-order valence-electron chi connectivity index (χ3n) is 9.80. The summed E-state index contributed by atoms with van der Waals surface area (Å²) in [6.45, 7) is 8.09. The van der Waals surface area contributed by atoms with E-state index in [1.807, 2.05) is 25.4 Å². The van der Waals surface area contributed by atoms with Crippen molar-refractivity contribution in [2.45, 2.75) is 70.8 Å². The molecule has 230 valence electrons. The van der Waals surface area contributed by atoms with Gasteiger partial charge in [-0.2, -0.15) is 0 Å². The summed E-state index contributed by atoms with van der Waals surface area (Å²) in [6, 6.07) is 8.87. The highest BCUT2D eigenvalue weighted by molar-refractivity contribution is 7.22. The van der Waals surface area contributed by atoms with Gasteiger partial charge >= 0.3 is 5.97 Å². The Morgan fingerprint density at radius 2 is 1.98 bits per heavy atom. The van der Waals surface area contributed by atoms with Crippen LogP contribution in [0.3, 0.4) is 0 Å². The van der Waals surface area contributed by atoms with Gasteiger partial charge in [-0.1, -0.05) is 32.3 Å². The van der Waals surface area contributed by atoms with E-state index in [0.29, 0.717) is 17.9 Å². The normalized spacial score (nSPS) is 22.5. The number of carboxylic acid groups (broad SMARTS) is 1. The Morgan fingerprint density at radius 1 is 1.11 bits per heavy atom. The van der Waals surface area contributed by atoms with E-state index in [0.717, 1.165) is 100 Å². The molecule has 0 spiro atoms. The minimum atomic E-state index is -0.836. The number of aliphatic carboxylic acids is 1. The van der Waals surface area contributed by atoms with Crippen molar-refractivity contribution in [3.8, 4) is 27.6 Å². The number of rotatable bonds is 2. The predicted molar refractivity (Wildman–Crippen MR) is 176 cm³/mol. The van der Waals surface area contributed by atoms with Crippen molar-refractivity contribution in [2.24, 2.45) is 5.92 Å². The lowest BCUT2D eigenvalue weighted by atomic mass is 9.84. The summed E-state index contributed by atoms with van der Waals surface area (Å²) in [4.78, 5) is 31.9. The molecule has 2 aromatic heterocycles. The Balaban J connectivity index is 1.41. The number of nitrogens with zero attached hydrogens (tertiary/aromatic N) is 5. The topological polar surface area (TPSA) is 91.7 Å². The van der Waals surface area contributed by atoms with Crippen molar-refractivity contribution in [1.82, 2.24) is 19.9 Å². The largest absolute Gasteiger partial charge is 0.493 e. The highest BCUT2D eigenvalue weighted by Crippen LogP contribution is 2.44. The number of hydrogen-bond donors (Lipinski definition) is 1. The molecule has 0 saturated carbocycles. The number of carbonyl (C=O) groups is 1. The molecule has 7 rings (SSSR count). The minimum absolute atomic E-state index is 0.0420. The second-order valence-electron chi connectivity index (χ2n) is 13.1. The number of thiazole rings is 1. The number of aryl methyl sites for hydroxylation is 1. The van der Waals surface area contributed by atoms with Crippen molar-refractivity contribution in [1.29, 1.82) is 0 Å². The van der Waals surface area contributed by atoms with Gasteiger partial charge in [0.15, 0.2) is 0 Å². The molecule has 3 atom stereocenters. The molecule has 0 amide bonds. The quantitative estimate of drug-likeness (QED) is 0.261. The molecule has 4 aromatic rings. The Hall–Kier alpha value is -3.56. The van der Waals surface area contributed by atoms with Crippen molar-refractivity contribution in [3.05, 3.63) is 53.3 Å². The number of benzene rings is 2. The second kappa shape index (κ2) is 12.1. The molecule has 2 aromatic carbocycles. The van der Waals surface area contributed by atoms with Crippen molar-refractivity contribution in [3.63, 3.8) is 0 Å². The lowest BCUT2D eigenvalue weighted by Crippen LogP contribution is -2.52. The van der Waals surface area contributed by atoms with Crippen LogP contribution in [0.25, 0.3) is 32.0 Å². The highest BCUT2D eigenvalue weighted by Gasteiger charge is 2.29. The first-order valence-corrected chi connectivity index (χ1v) is 16.8. The maximum Gasteiger partial charge on any atom is 0.307 e. The first-order chi connectivity index (χ1) is 21.3. The summed E-state index contributed by atoms with van der Waals surface area (Å²) in [5.74, 6) is 2.10. The summed E-state index contributed by atoms with van der Waals surface area (Å²) < 4.78 is 7.12. The fraction of sp³-hybridized carbons (Fsp3) is 0.486. The molecule has 6 bridgehead atoms. The van der Waals surface area contributed by atoms with E-state index < -0.39 is 5.97 Å². The molecule has 1 saturated heterocycles. The summed E-state index contributed by atoms with van der Waals surface area (Å²) in [7, 11) is 2.22. The van der Waals surface area contributed by atoms with Gasteiger partial charge in [0, 0.05) is 31.2 Å². The average molecular weight is 612 g/mol.